The molecule has 1 heterocycles. The summed E-state index contributed by atoms with van der Waals surface area (Å²) in [5, 5.41) is 3.23. The molecular weight excluding hydrogens is 518 g/mol. The quantitative estimate of drug-likeness (QED) is 0.249. The summed E-state index contributed by atoms with van der Waals surface area (Å²) in [5.41, 5.74) is 1.15. The number of halogens is 1. The fourth-order valence-corrected chi connectivity index (χ4v) is 6.01. The fraction of sp³-hybridized carbons (Fsp3) is 0.115. The summed E-state index contributed by atoms with van der Waals surface area (Å²) in [6, 6.07) is 19.5. The molecule has 1 aromatic heterocycles. The van der Waals surface area contributed by atoms with E-state index in [4.69, 9.17) is 9.15 Å². The monoisotopic (exact) mass is 537 g/mol. The van der Waals surface area contributed by atoms with Gasteiger partial charge >= 0.3 is 5.97 Å². The van der Waals surface area contributed by atoms with Crippen molar-refractivity contribution in [2.75, 3.05) is 11.3 Å². The molecule has 0 atom stereocenters. The van der Waals surface area contributed by atoms with Crippen LogP contribution in [0.15, 0.2) is 80.5 Å². The van der Waals surface area contributed by atoms with E-state index in [2.05, 4.69) is 20.7 Å². The molecular formula is C26H20BrNO5S. The Balaban J connectivity index is 1.73. The third-order valence-electron chi connectivity index (χ3n) is 5.72. The van der Waals surface area contributed by atoms with Crippen LogP contribution in [0.4, 0.5) is 5.69 Å². The maximum Gasteiger partial charge on any atom is 0.342 e. The lowest BCUT2D eigenvalue weighted by Gasteiger charge is -2.14. The second kappa shape index (κ2) is 8.45. The van der Waals surface area contributed by atoms with Gasteiger partial charge in [0.1, 0.15) is 16.9 Å². The largest absolute Gasteiger partial charge is 0.462 e. The van der Waals surface area contributed by atoms with E-state index in [1.807, 2.05) is 36.4 Å². The number of carbonyl (C=O) groups is 1. The molecule has 1 N–H and O–H groups in total. The van der Waals surface area contributed by atoms with E-state index in [0.29, 0.717) is 38.6 Å². The van der Waals surface area contributed by atoms with Crippen molar-refractivity contribution in [3.05, 3.63) is 82.5 Å². The number of rotatable bonds is 5. The second-order valence-corrected chi connectivity index (χ2v) is 10.3. The van der Waals surface area contributed by atoms with Crippen molar-refractivity contribution in [3.63, 3.8) is 0 Å². The third-order valence-corrected chi connectivity index (χ3v) is 7.83. The first-order chi connectivity index (χ1) is 16.3. The molecule has 5 aromatic rings. The number of carbonyl (C=O) groups excluding carboxylic acids is 1. The van der Waals surface area contributed by atoms with Crippen molar-refractivity contribution in [2.45, 2.75) is 18.7 Å². The highest BCUT2D eigenvalue weighted by Gasteiger charge is 2.25. The van der Waals surface area contributed by atoms with Crippen LogP contribution in [0.2, 0.25) is 0 Å². The van der Waals surface area contributed by atoms with E-state index in [0.717, 1.165) is 9.86 Å². The number of nitrogens with one attached hydrogen (secondary N) is 1. The zero-order chi connectivity index (χ0) is 24.0. The molecule has 0 saturated heterocycles. The highest BCUT2D eigenvalue weighted by Crippen LogP contribution is 2.38. The van der Waals surface area contributed by atoms with Crippen molar-refractivity contribution in [1.29, 1.82) is 0 Å². The summed E-state index contributed by atoms with van der Waals surface area (Å²) in [5.74, 6) is -0.0979. The summed E-state index contributed by atoms with van der Waals surface area (Å²) in [7, 11) is -3.97. The van der Waals surface area contributed by atoms with Gasteiger partial charge < -0.3 is 9.15 Å². The maximum atomic E-state index is 13.6. The van der Waals surface area contributed by atoms with Crippen LogP contribution < -0.4 is 4.72 Å². The van der Waals surface area contributed by atoms with Gasteiger partial charge in [-0.3, -0.25) is 4.72 Å². The van der Waals surface area contributed by atoms with Crippen molar-refractivity contribution >= 4 is 70.1 Å². The Bertz CT molecular complexity index is 1710. The normalized spacial score (nSPS) is 11.9. The topological polar surface area (TPSA) is 85.6 Å². The Hall–Kier alpha value is -3.36. The molecule has 0 aliphatic rings. The van der Waals surface area contributed by atoms with Crippen LogP contribution in [-0.4, -0.2) is 21.0 Å². The number of hydrogen-bond donors (Lipinski definition) is 1. The molecule has 0 amide bonds. The van der Waals surface area contributed by atoms with E-state index >= 15 is 0 Å². The van der Waals surface area contributed by atoms with Crippen LogP contribution in [0.5, 0.6) is 0 Å². The highest BCUT2D eigenvalue weighted by molar-refractivity contribution is 9.10. The zero-order valence-corrected chi connectivity index (χ0v) is 20.8. The van der Waals surface area contributed by atoms with Gasteiger partial charge in [-0.1, -0.05) is 64.5 Å². The van der Waals surface area contributed by atoms with Gasteiger partial charge in [0.25, 0.3) is 10.0 Å². The van der Waals surface area contributed by atoms with Gasteiger partial charge in [0.05, 0.1) is 17.2 Å². The van der Waals surface area contributed by atoms with Gasteiger partial charge in [0.15, 0.2) is 0 Å². The molecule has 0 aliphatic carbocycles. The SMILES string of the molecule is CCOC(=O)c1c(C)oc2c1cc(NS(=O)(=O)c1ccc(Br)c3ccccc13)c1ccccc12. The summed E-state index contributed by atoms with van der Waals surface area (Å²) in [4.78, 5) is 12.8. The van der Waals surface area contributed by atoms with E-state index in [1.165, 1.54) is 0 Å². The number of furan rings is 1. The van der Waals surface area contributed by atoms with Crippen LogP contribution in [0, 0.1) is 6.92 Å². The minimum Gasteiger partial charge on any atom is -0.462 e. The van der Waals surface area contributed by atoms with Gasteiger partial charge in [-0.15, -0.1) is 0 Å². The van der Waals surface area contributed by atoms with Crippen LogP contribution in [-0.2, 0) is 14.8 Å². The number of anilines is 1. The predicted molar refractivity (Wildman–Crippen MR) is 137 cm³/mol. The molecule has 0 spiro atoms. The Morgan fingerprint density at radius 1 is 0.941 bits per heavy atom. The van der Waals surface area contributed by atoms with Gasteiger partial charge in [-0.25, -0.2) is 13.2 Å². The zero-order valence-electron chi connectivity index (χ0n) is 18.4. The number of hydrogen-bond acceptors (Lipinski definition) is 5. The number of esters is 1. The van der Waals surface area contributed by atoms with E-state index in [1.54, 1.807) is 44.2 Å². The van der Waals surface area contributed by atoms with Crippen molar-refractivity contribution in [2.24, 2.45) is 0 Å². The molecule has 172 valence electrons. The smallest absolute Gasteiger partial charge is 0.342 e. The Morgan fingerprint density at radius 2 is 1.59 bits per heavy atom. The van der Waals surface area contributed by atoms with Gasteiger partial charge in [-0.2, -0.15) is 0 Å². The summed E-state index contributed by atoms with van der Waals surface area (Å²) in [6.45, 7) is 3.64. The van der Waals surface area contributed by atoms with E-state index in [9.17, 15) is 13.2 Å². The molecule has 0 fully saturated rings. The van der Waals surface area contributed by atoms with Crippen molar-refractivity contribution < 1.29 is 22.4 Å². The van der Waals surface area contributed by atoms with Crippen LogP contribution in [0.3, 0.4) is 0 Å². The summed E-state index contributed by atoms with van der Waals surface area (Å²) >= 11 is 3.49. The summed E-state index contributed by atoms with van der Waals surface area (Å²) in [6.07, 6.45) is 0. The first-order valence-electron chi connectivity index (χ1n) is 10.6. The molecule has 4 aromatic carbocycles. The number of benzene rings is 4. The number of fused-ring (bicyclic) bond motifs is 4. The highest BCUT2D eigenvalue weighted by atomic mass is 79.9. The van der Waals surface area contributed by atoms with Crippen molar-refractivity contribution in [1.82, 2.24) is 0 Å². The molecule has 0 saturated carbocycles. The molecule has 5 rings (SSSR count). The standard InChI is InChI=1S/C26H20BrNO5S/c1-3-32-26(29)24-15(2)33-25-19-11-7-5-9-17(19)22(14-20(24)25)28-34(30,31)23-13-12-21(27)16-8-4-6-10-18(16)23/h4-14,28H,3H2,1-2H3. The van der Waals surface area contributed by atoms with Gasteiger partial charge in [0, 0.05) is 26.0 Å². The molecule has 8 heteroatoms. The molecule has 0 unspecified atom stereocenters. The number of ether oxygens (including phenoxy) is 1. The van der Waals surface area contributed by atoms with Crippen LogP contribution in [0.25, 0.3) is 32.5 Å². The second-order valence-electron chi connectivity index (χ2n) is 7.80. The summed E-state index contributed by atoms with van der Waals surface area (Å²) < 4.78 is 41.9. The Morgan fingerprint density at radius 3 is 2.29 bits per heavy atom. The van der Waals surface area contributed by atoms with Crippen molar-refractivity contribution in [3.8, 4) is 0 Å². The minimum absolute atomic E-state index is 0.157. The molecule has 0 radical (unpaired) electrons. The maximum absolute atomic E-state index is 13.6. The van der Waals surface area contributed by atoms with Gasteiger partial charge in [0.2, 0.25) is 0 Å². The fourth-order valence-electron chi connectivity index (χ4n) is 4.25. The van der Waals surface area contributed by atoms with E-state index in [-0.39, 0.29) is 17.1 Å². The lowest BCUT2D eigenvalue weighted by molar-refractivity contribution is 0.0526. The third kappa shape index (κ3) is 3.63. The average molecular weight is 538 g/mol. The predicted octanol–water partition coefficient (Wildman–Crippen LogP) is 6.79. The minimum atomic E-state index is -3.97. The van der Waals surface area contributed by atoms with E-state index < -0.39 is 16.0 Å². The first-order valence-corrected chi connectivity index (χ1v) is 12.9. The number of sulfonamides is 1. The lowest BCUT2D eigenvalue weighted by Crippen LogP contribution is -2.14. The number of aryl methyl sites for hydroxylation is 1. The first kappa shape index (κ1) is 22.4. The van der Waals surface area contributed by atoms with Crippen LogP contribution >= 0.6 is 15.9 Å². The molecule has 6 nitrogen and oxygen atoms in total. The Kier molecular flexibility index (Phi) is 5.58. The van der Waals surface area contributed by atoms with Gasteiger partial charge in [-0.05, 0) is 37.4 Å². The average Bonchev–Trinajstić information content (AvgIpc) is 3.15. The molecule has 0 aliphatic heterocycles. The Labute approximate surface area is 204 Å². The molecule has 0 bridgehead atoms. The molecule has 34 heavy (non-hydrogen) atoms. The van der Waals surface area contributed by atoms with Crippen LogP contribution in [0.1, 0.15) is 23.0 Å². The lowest BCUT2D eigenvalue weighted by atomic mass is 10.0.